The second-order valence-electron chi connectivity index (χ2n) is 4.02. The molecule has 1 heterocycles. The van der Waals surface area contributed by atoms with E-state index in [1.54, 1.807) is 0 Å². The van der Waals surface area contributed by atoms with Crippen molar-refractivity contribution in [2.75, 3.05) is 0 Å². The van der Waals surface area contributed by atoms with Gasteiger partial charge in [-0.15, -0.1) is 0 Å². The maximum absolute atomic E-state index is 4.39. The summed E-state index contributed by atoms with van der Waals surface area (Å²) < 4.78 is 0. The van der Waals surface area contributed by atoms with Gasteiger partial charge in [-0.25, -0.2) is 0 Å². The maximum atomic E-state index is 4.39. The maximum Gasteiger partial charge on any atom is 0.0707 e. The van der Waals surface area contributed by atoms with Crippen LogP contribution in [-0.4, -0.2) is 4.98 Å². The van der Waals surface area contributed by atoms with E-state index >= 15 is 0 Å². The van der Waals surface area contributed by atoms with Gasteiger partial charge in [-0.1, -0.05) is 26.0 Å². The van der Waals surface area contributed by atoms with Crippen molar-refractivity contribution in [2.24, 2.45) is 0 Å². The van der Waals surface area contributed by atoms with Crippen LogP contribution in [0.25, 0.3) is 10.9 Å². The zero-order chi connectivity index (χ0) is 10.1. The van der Waals surface area contributed by atoms with Crippen LogP contribution < -0.4 is 0 Å². The van der Waals surface area contributed by atoms with Gasteiger partial charge in [0.15, 0.2) is 0 Å². The predicted molar refractivity (Wildman–Crippen MR) is 60.6 cm³/mol. The van der Waals surface area contributed by atoms with Gasteiger partial charge in [0, 0.05) is 11.6 Å². The van der Waals surface area contributed by atoms with Gasteiger partial charge in [-0.05, 0) is 36.1 Å². The predicted octanol–water partition coefficient (Wildman–Crippen LogP) is 3.67. The lowest BCUT2D eigenvalue weighted by Crippen LogP contribution is -1.92. The van der Waals surface area contributed by atoms with Crippen molar-refractivity contribution in [3.8, 4) is 0 Å². The molecule has 1 nitrogen and oxygen atoms in total. The highest BCUT2D eigenvalue weighted by atomic mass is 14.6. The summed E-state index contributed by atoms with van der Waals surface area (Å²) in [7, 11) is 0. The Labute approximate surface area is 84.8 Å². The SMILES string of the molecule is Cc1ccnc2cccc(C(C)C)c12. The number of fused-ring (bicyclic) bond motifs is 1. The fourth-order valence-electron chi connectivity index (χ4n) is 1.89. The van der Waals surface area contributed by atoms with Gasteiger partial charge in [0.05, 0.1) is 5.52 Å². The fraction of sp³-hybridized carbons (Fsp3) is 0.308. The Bertz CT molecular complexity index is 452. The zero-order valence-electron chi connectivity index (χ0n) is 8.91. The Morgan fingerprint density at radius 1 is 1.14 bits per heavy atom. The molecule has 0 saturated heterocycles. The second kappa shape index (κ2) is 3.41. The van der Waals surface area contributed by atoms with Crippen LogP contribution in [0, 0.1) is 6.92 Å². The Morgan fingerprint density at radius 3 is 2.64 bits per heavy atom. The van der Waals surface area contributed by atoms with Crippen LogP contribution in [0.3, 0.4) is 0 Å². The summed E-state index contributed by atoms with van der Waals surface area (Å²) in [5, 5.41) is 1.32. The number of hydrogen-bond acceptors (Lipinski definition) is 1. The minimum absolute atomic E-state index is 0.557. The molecule has 2 rings (SSSR count). The first kappa shape index (κ1) is 9.20. The molecule has 0 atom stereocenters. The molecule has 0 radical (unpaired) electrons. The molecule has 0 fully saturated rings. The van der Waals surface area contributed by atoms with Gasteiger partial charge in [0.1, 0.15) is 0 Å². The van der Waals surface area contributed by atoms with Crippen LogP contribution in [0.4, 0.5) is 0 Å². The minimum Gasteiger partial charge on any atom is -0.256 e. The van der Waals surface area contributed by atoms with E-state index in [-0.39, 0.29) is 0 Å². The number of rotatable bonds is 1. The molecule has 1 aromatic heterocycles. The molecule has 1 aromatic carbocycles. The molecule has 0 aliphatic heterocycles. The normalized spacial score (nSPS) is 11.1. The van der Waals surface area contributed by atoms with Crippen LogP contribution in [-0.2, 0) is 0 Å². The van der Waals surface area contributed by atoms with Crippen molar-refractivity contribution < 1.29 is 0 Å². The van der Waals surface area contributed by atoms with E-state index in [0.29, 0.717) is 5.92 Å². The van der Waals surface area contributed by atoms with E-state index in [1.165, 1.54) is 16.5 Å². The summed E-state index contributed by atoms with van der Waals surface area (Å²) >= 11 is 0. The number of benzene rings is 1. The largest absolute Gasteiger partial charge is 0.256 e. The summed E-state index contributed by atoms with van der Waals surface area (Å²) in [5.41, 5.74) is 3.82. The average Bonchev–Trinajstić information content (AvgIpc) is 2.17. The number of pyridine rings is 1. The highest BCUT2D eigenvalue weighted by Crippen LogP contribution is 2.26. The van der Waals surface area contributed by atoms with Gasteiger partial charge < -0.3 is 0 Å². The van der Waals surface area contributed by atoms with Crippen LogP contribution in [0.15, 0.2) is 30.5 Å². The topological polar surface area (TPSA) is 12.9 Å². The first-order valence-electron chi connectivity index (χ1n) is 5.04. The van der Waals surface area contributed by atoms with Crippen molar-refractivity contribution in [3.05, 3.63) is 41.6 Å². The van der Waals surface area contributed by atoms with E-state index in [2.05, 4.69) is 50.0 Å². The molecule has 0 aliphatic rings. The average molecular weight is 185 g/mol. The van der Waals surface area contributed by atoms with Crippen molar-refractivity contribution in [1.82, 2.24) is 4.98 Å². The zero-order valence-corrected chi connectivity index (χ0v) is 8.91. The van der Waals surface area contributed by atoms with Gasteiger partial charge in [-0.2, -0.15) is 0 Å². The van der Waals surface area contributed by atoms with E-state index in [4.69, 9.17) is 0 Å². The van der Waals surface area contributed by atoms with Crippen molar-refractivity contribution in [1.29, 1.82) is 0 Å². The third-order valence-corrected chi connectivity index (χ3v) is 2.63. The minimum atomic E-state index is 0.557. The number of hydrogen-bond donors (Lipinski definition) is 0. The molecule has 72 valence electrons. The number of nitrogens with zero attached hydrogens (tertiary/aromatic N) is 1. The summed E-state index contributed by atoms with van der Waals surface area (Å²) in [5.74, 6) is 0.557. The molecule has 14 heavy (non-hydrogen) atoms. The Morgan fingerprint density at radius 2 is 1.93 bits per heavy atom. The van der Waals surface area contributed by atoms with Crippen LogP contribution >= 0.6 is 0 Å². The first-order valence-corrected chi connectivity index (χ1v) is 5.04. The molecule has 0 unspecified atom stereocenters. The molecule has 0 saturated carbocycles. The fourth-order valence-corrected chi connectivity index (χ4v) is 1.89. The summed E-state index contributed by atoms with van der Waals surface area (Å²) in [6.45, 7) is 6.60. The first-order chi connectivity index (χ1) is 6.70. The molecule has 0 aliphatic carbocycles. The Hall–Kier alpha value is -1.37. The van der Waals surface area contributed by atoms with E-state index < -0.39 is 0 Å². The third-order valence-electron chi connectivity index (χ3n) is 2.63. The van der Waals surface area contributed by atoms with Crippen molar-refractivity contribution in [3.63, 3.8) is 0 Å². The summed E-state index contributed by atoms with van der Waals surface area (Å²) in [6.07, 6.45) is 1.88. The monoisotopic (exact) mass is 185 g/mol. The van der Waals surface area contributed by atoms with E-state index in [1.807, 2.05) is 6.20 Å². The number of aromatic nitrogens is 1. The lowest BCUT2D eigenvalue weighted by Gasteiger charge is -2.11. The van der Waals surface area contributed by atoms with E-state index in [9.17, 15) is 0 Å². The summed E-state index contributed by atoms with van der Waals surface area (Å²) in [6, 6.07) is 8.44. The summed E-state index contributed by atoms with van der Waals surface area (Å²) in [4.78, 5) is 4.39. The van der Waals surface area contributed by atoms with Gasteiger partial charge in [0.2, 0.25) is 0 Å². The van der Waals surface area contributed by atoms with Crippen LogP contribution in [0.1, 0.15) is 30.9 Å². The lowest BCUT2D eigenvalue weighted by atomic mass is 9.96. The molecule has 0 spiro atoms. The van der Waals surface area contributed by atoms with Crippen LogP contribution in [0.2, 0.25) is 0 Å². The highest BCUT2D eigenvalue weighted by molar-refractivity contribution is 5.85. The Kier molecular flexibility index (Phi) is 2.24. The highest BCUT2D eigenvalue weighted by Gasteiger charge is 2.06. The van der Waals surface area contributed by atoms with Crippen molar-refractivity contribution >= 4 is 10.9 Å². The second-order valence-corrected chi connectivity index (χ2v) is 4.02. The van der Waals surface area contributed by atoms with Gasteiger partial charge >= 0.3 is 0 Å². The van der Waals surface area contributed by atoms with Crippen LogP contribution in [0.5, 0.6) is 0 Å². The van der Waals surface area contributed by atoms with Crippen molar-refractivity contribution in [2.45, 2.75) is 26.7 Å². The lowest BCUT2D eigenvalue weighted by molar-refractivity contribution is 0.875. The molecule has 0 bridgehead atoms. The Balaban J connectivity index is 2.84. The molecule has 2 aromatic rings. The molecule has 1 heteroatoms. The molecule has 0 amide bonds. The molecular weight excluding hydrogens is 170 g/mol. The standard InChI is InChI=1S/C13H15N/c1-9(2)11-5-4-6-12-13(11)10(3)7-8-14-12/h4-9H,1-3H3. The van der Waals surface area contributed by atoms with Gasteiger partial charge in [0.25, 0.3) is 0 Å². The smallest absolute Gasteiger partial charge is 0.0707 e. The van der Waals surface area contributed by atoms with E-state index in [0.717, 1.165) is 5.52 Å². The van der Waals surface area contributed by atoms with Gasteiger partial charge in [-0.3, -0.25) is 4.98 Å². The molecular formula is C13H15N. The number of aryl methyl sites for hydroxylation is 1. The third kappa shape index (κ3) is 1.39. The molecule has 0 N–H and O–H groups in total. The quantitative estimate of drug-likeness (QED) is 0.660.